The van der Waals surface area contributed by atoms with Gasteiger partial charge in [0, 0.05) is 4.70 Å². The molecular weight excluding hydrogens is 246 g/mol. The third-order valence-electron chi connectivity index (χ3n) is 2.30. The van der Waals surface area contributed by atoms with Crippen LogP contribution in [-0.4, -0.2) is 13.1 Å². The fourth-order valence-electron chi connectivity index (χ4n) is 1.49. The molecule has 1 heterocycles. The van der Waals surface area contributed by atoms with E-state index < -0.39 is 12.0 Å². The summed E-state index contributed by atoms with van der Waals surface area (Å²) in [5, 5.41) is 2.94. The molecule has 0 spiro atoms. The van der Waals surface area contributed by atoms with Crippen LogP contribution >= 0.6 is 23.7 Å². The van der Waals surface area contributed by atoms with Crippen molar-refractivity contribution in [1.82, 2.24) is 0 Å². The van der Waals surface area contributed by atoms with Crippen molar-refractivity contribution in [2.24, 2.45) is 5.73 Å². The van der Waals surface area contributed by atoms with Gasteiger partial charge in [-0.1, -0.05) is 18.2 Å². The van der Waals surface area contributed by atoms with Crippen LogP contribution < -0.4 is 5.73 Å². The van der Waals surface area contributed by atoms with Crippen LogP contribution in [0, 0.1) is 0 Å². The number of esters is 1. The van der Waals surface area contributed by atoms with E-state index in [2.05, 4.69) is 4.74 Å². The van der Waals surface area contributed by atoms with E-state index in [9.17, 15) is 4.79 Å². The first kappa shape index (κ1) is 13.0. The lowest BCUT2D eigenvalue weighted by molar-refractivity contribution is -0.142. The standard InChI is InChI=1S/C11H11NO2S.ClH/c1-14-11(13)10(12)8-6-15-9-5-3-2-4-7(8)9;/h2-6,10H,12H2,1H3;1H/t10-;/m1./s1. The Kier molecular flexibility index (Phi) is 4.29. The van der Waals surface area contributed by atoms with Gasteiger partial charge in [0.15, 0.2) is 0 Å². The molecule has 0 fully saturated rings. The minimum atomic E-state index is -0.689. The highest BCUT2D eigenvalue weighted by atomic mass is 35.5. The third-order valence-corrected chi connectivity index (χ3v) is 3.28. The van der Waals surface area contributed by atoms with Crippen molar-refractivity contribution in [2.75, 3.05) is 7.11 Å². The Morgan fingerprint density at radius 3 is 2.81 bits per heavy atom. The number of thiophene rings is 1. The molecule has 0 aliphatic carbocycles. The largest absolute Gasteiger partial charge is 0.468 e. The number of carbonyl (C=O) groups is 1. The lowest BCUT2D eigenvalue weighted by Gasteiger charge is -2.07. The summed E-state index contributed by atoms with van der Waals surface area (Å²) in [5.74, 6) is -0.404. The van der Waals surface area contributed by atoms with E-state index >= 15 is 0 Å². The second-order valence-corrected chi connectivity index (χ2v) is 4.10. The quantitative estimate of drug-likeness (QED) is 0.841. The highest BCUT2D eigenvalue weighted by molar-refractivity contribution is 7.17. The van der Waals surface area contributed by atoms with Crippen LogP contribution in [0.4, 0.5) is 0 Å². The number of fused-ring (bicyclic) bond motifs is 1. The lowest BCUT2D eigenvalue weighted by atomic mass is 10.1. The average Bonchev–Trinajstić information content (AvgIpc) is 2.70. The van der Waals surface area contributed by atoms with Gasteiger partial charge >= 0.3 is 5.97 Å². The van der Waals surface area contributed by atoms with Crippen molar-refractivity contribution in [3.05, 3.63) is 35.2 Å². The first-order chi connectivity index (χ1) is 7.24. The molecule has 86 valence electrons. The van der Waals surface area contributed by atoms with Crippen molar-refractivity contribution >= 4 is 39.8 Å². The first-order valence-corrected chi connectivity index (χ1v) is 5.41. The monoisotopic (exact) mass is 257 g/mol. The van der Waals surface area contributed by atoms with Gasteiger partial charge in [0.25, 0.3) is 0 Å². The van der Waals surface area contributed by atoms with Crippen molar-refractivity contribution < 1.29 is 9.53 Å². The summed E-state index contributed by atoms with van der Waals surface area (Å²) in [6, 6.07) is 7.18. The molecule has 0 unspecified atom stereocenters. The molecule has 2 rings (SSSR count). The van der Waals surface area contributed by atoms with E-state index in [1.165, 1.54) is 7.11 Å². The Bertz CT molecular complexity index is 497. The maximum atomic E-state index is 11.3. The summed E-state index contributed by atoms with van der Waals surface area (Å²) < 4.78 is 5.76. The summed E-state index contributed by atoms with van der Waals surface area (Å²) >= 11 is 1.58. The molecule has 16 heavy (non-hydrogen) atoms. The Balaban J connectivity index is 0.00000128. The van der Waals surface area contributed by atoms with Gasteiger partial charge in [0.05, 0.1) is 7.11 Å². The summed E-state index contributed by atoms with van der Waals surface area (Å²) in [5.41, 5.74) is 6.63. The Labute approximate surface area is 104 Å². The van der Waals surface area contributed by atoms with Crippen molar-refractivity contribution in [2.45, 2.75) is 6.04 Å². The molecule has 1 aromatic heterocycles. The van der Waals surface area contributed by atoms with E-state index in [-0.39, 0.29) is 12.4 Å². The van der Waals surface area contributed by atoms with E-state index in [1.54, 1.807) is 11.3 Å². The lowest BCUT2D eigenvalue weighted by Crippen LogP contribution is -2.22. The fourth-order valence-corrected chi connectivity index (χ4v) is 2.49. The summed E-state index contributed by atoms with van der Waals surface area (Å²) in [6.07, 6.45) is 0. The van der Waals surface area contributed by atoms with Gasteiger partial charge in [-0.15, -0.1) is 23.7 Å². The number of rotatable bonds is 2. The molecule has 0 amide bonds. The van der Waals surface area contributed by atoms with Crippen molar-refractivity contribution in [3.63, 3.8) is 0 Å². The molecule has 2 aromatic rings. The molecule has 0 radical (unpaired) electrons. The molecule has 0 saturated carbocycles. The van der Waals surface area contributed by atoms with Crippen LogP contribution in [0.2, 0.25) is 0 Å². The van der Waals surface area contributed by atoms with Crippen molar-refractivity contribution in [3.8, 4) is 0 Å². The number of hydrogen-bond donors (Lipinski definition) is 1. The molecule has 0 saturated heterocycles. The predicted molar refractivity (Wildman–Crippen MR) is 68.0 cm³/mol. The van der Waals surface area contributed by atoms with Crippen LogP contribution in [0.5, 0.6) is 0 Å². The minimum Gasteiger partial charge on any atom is -0.468 e. The summed E-state index contributed by atoms with van der Waals surface area (Å²) in [4.78, 5) is 11.3. The second-order valence-electron chi connectivity index (χ2n) is 3.19. The van der Waals surface area contributed by atoms with Gasteiger partial charge in [-0.05, 0) is 22.4 Å². The topological polar surface area (TPSA) is 52.3 Å². The zero-order valence-corrected chi connectivity index (χ0v) is 10.3. The highest BCUT2D eigenvalue weighted by Gasteiger charge is 2.19. The van der Waals surface area contributed by atoms with Gasteiger partial charge in [-0.2, -0.15) is 0 Å². The molecule has 1 atom stereocenters. The molecule has 0 bridgehead atoms. The second kappa shape index (κ2) is 5.30. The summed E-state index contributed by atoms with van der Waals surface area (Å²) in [6.45, 7) is 0. The van der Waals surface area contributed by atoms with E-state index in [0.29, 0.717) is 0 Å². The van der Waals surface area contributed by atoms with Crippen molar-refractivity contribution in [1.29, 1.82) is 0 Å². The van der Waals surface area contributed by atoms with Gasteiger partial charge in [-0.25, -0.2) is 0 Å². The highest BCUT2D eigenvalue weighted by Crippen LogP contribution is 2.29. The Morgan fingerprint density at radius 2 is 2.12 bits per heavy atom. The van der Waals surface area contributed by atoms with Gasteiger partial charge in [0.1, 0.15) is 6.04 Å². The van der Waals surface area contributed by atoms with E-state index in [4.69, 9.17) is 5.73 Å². The number of benzene rings is 1. The maximum absolute atomic E-state index is 11.3. The van der Waals surface area contributed by atoms with E-state index in [0.717, 1.165) is 15.6 Å². The Hall–Kier alpha value is -1.10. The minimum absolute atomic E-state index is 0. The SMILES string of the molecule is COC(=O)[C@H](N)c1csc2ccccc12.Cl. The smallest absolute Gasteiger partial charge is 0.327 e. The number of ether oxygens (including phenoxy) is 1. The zero-order chi connectivity index (χ0) is 10.8. The molecule has 2 N–H and O–H groups in total. The molecule has 1 aromatic carbocycles. The maximum Gasteiger partial charge on any atom is 0.327 e. The third kappa shape index (κ3) is 2.19. The first-order valence-electron chi connectivity index (χ1n) is 4.53. The molecule has 0 aliphatic heterocycles. The number of methoxy groups -OCH3 is 1. The Morgan fingerprint density at radius 1 is 1.44 bits per heavy atom. The zero-order valence-electron chi connectivity index (χ0n) is 8.67. The number of nitrogens with two attached hydrogens (primary N) is 1. The molecule has 5 heteroatoms. The summed E-state index contributed by atoms with van der Waals surface area (Å²) in [7, 11) is 1.34. The van der Waals surface area contributed by atoms with E-state index in [1.807, 2.05) is 29.6 Å². The number of halogens is 1. The molecule has 3 nitrogen and oxygen atoms in total. The average molecular weight is 258 g/mol. The number of hydrogen-bond acceptors (Lipinski definition) is 4. The van der Waals surface area contributed by atoms with Crippen LogP contribution in [-0.2, 0) is 9.53 Å². The normalized spacial score (nSPS) is 11.9. The predicted octanol–water partition coefficient (Wildman–Crippen LogP) is 2.50. The van der Waals surface area contributed by atoms with Crippen LogP contribution in [0.1, 0.15) is 11.6 Å². The van der Waals surface area contributed by atoms with Crippen LogP contribution in [0.3, 0.4) is 0 Å². The van der Waals surface area contributed by atoms with Gasteiger partial charge < -0.3 is 10.5 Å². The van der Waals surface area contributed by atoms with Gasteiger partial charge in [0.2, 0.25) is 0 Å². The number of carbonyl (C=O) groups excluding carboxylic acids is 1. The van der Waals surface area contributed by atoms with Gasteiger partial charge in [-0.3, -0.25) is 4.79 Å². The molecule has 0 aliphatic rings. The molecular formula is C11H12ClNO2S. The van der Waals surface area contributed by atoms with Crippen LogP contribution in [0.15, 0.2) is 29.6 Å². The van der Waals surface area contributed by atoms with Crippen LogP contribution in [0.25, 0.3) is 10.1 Å². The fraction of sp³-hybridized carbons (Fsp3) is 0.182.